The Bertz CT molecular complexity index is 229. The van der Waals surface area contributed by atoms with Gasteiger partial charge in [-0.15, -0.1) is 0 Å². The molecule has 0 aromatic carbocycles. The first-order valence-electron chi connectivity index (χ1n) is 3.27. The fourth-order valence-electron chi connectivity index (χ4n) is 0.998. The maximum absolute atomic E-state index is 10.9. The lowest BCUT2D eigenvalue weighted by atomic mass is 10.2. The number of carbonyl (C=O) groups excluding carboxylic acids is 1. The fourth-order valence-corrected chi connectivity index (χ4v) is 3.40. The van der Waals surface area contributed by atoms with Crippen molar-refractivity contribution in [3.8, 4) is 0 Å². The minimum Gasteiger partial charge on any atom is -0.391 e. The summed E-state index contributed by atoms with van der Waals surface area (Å²) in [6.07, 6.45) is 2.39. The molecule has 0 spiro atoms. The Kier molecular flexibility index (Phi) is 1.86. The molecule has 2 rings (SSSR count). The molecular weight excluding hydrogens is 182 g/mol. The highest BCUT2D eigenvalue weighted by Crippen LogP contribution is 2.45. The Balaban J connectivity index is 2.13. The van der Waals surface area contributed by atoms with Crippen LogP contribution >= 0.6 is 21.6 Å². The van der Waals surface area contributed by atoms with E-state index in [4.69, 9.17) is 5.11 Å². The number of hydrogen-bond donors (Lipinski definition) is 1. The fraction of sp³-hybridized carbons (Fsp3) is 0.500. The van der Waals surface area contributed by atoms with E-state index in [-0.39, 0.29) is 12.5 Å². The van der Waals surface area contributed by atoms with Gasteiger partial charge in [-0.1, -0.05) is 21.6 Å². The Morgan fingerprint density at radius 2 is 2.64 bits per heavy atom. The molecule has 5 heteroatoms. The summed E-state index contributed by atoms with van der Waals surface area (Å²) in [5.41, 5.74) is 0. The van der Waals surface area contributed by atoms with Crippen molar-refractivity contribution in [3.63, 3.8) is 0 Å². The van der Waals surface area contributed by atoms with E-state index in [0.717, 1.165) is 4.91 Å². The molecule has 1 fully saturated rings. The lowest BCUT2D eigenvalue weighted by Gasteiger charge is -2.39. The van der Waals surface area contributed by atoms with E-state index in [1.54, 1.807) is 32.7 Å². The van der Waals surface area contributed by atoms with E-state index in [9.17, 15) is 4.79 Å². The van der Waals surface area contributed by atoms with Gasteiger partial charge < -0.3 is 10.0 Å². The summed E-state index contributed by atoms with van der Waals surface area (Å²) in [5, 5.41) is 9.09. The molecule has 2 heterocycles. The van der Waals surface area contributed by atoms with E-state index in [1.165, 1.54) is 0 Å². The van der Waals surface area contributed by atoms with Crippen LogP contribution in [0.3, 0.4) is 0 Å². The van der Waals surface area contributed by atoms with Crippen molar-refractivity contribution in [1.29, 1.82) is 0 Å². The van der Waals surface area contributed by atoms with Gasteiger partial charge in [0.1, 0.15) is 5.37 Å². The molecule has 1 amide bonds. The second-order valence-corrected chi connectivity index (χ2v) is 4.90. The molecule has 0 aliphatic carbocycles. The van der Waals surface area contributed by atoms with Gasteiger partial charge in [-0.2, -0.15) is 0 Å². The van der Waals surface area contributed by atoms with Crippen molar-refractivity contribution in [2.24, 2.45) is 0 Å². The molecule has 0 unspecified atom stereocenters. The van der Waals surface area contributed by atoms with Gasteiger partial charge in [0.25, 0.3) is 0 Å². The summed E-state index contributed by atoms with van der Waals surface area (Å²) in [7, 11) is 3.21. The van der Waals surface area contributed by atoms with Gasteiger partial charge in [0.15, 0.2) is 0 Å². The van der Waals surface area contributed by atoms with Gasteiger partial charge in [0, 0.05) is 11.1 Å². The van der Waals surface area contributed by atoms with Crippen LogP contribution in [0.2, 0.25) is 0 Å². The molecule has 0 aromatic heterocycles. The number of carbonyl (C=O) groups is 1. The number of amides is 1. The quantitative estimate of drug-likeness (QED) is 0.488. The minimum absolute atomic E-state index is 0.0359. The molecule has 3 nitrogen and oxygen atoms in total. The standard InChI is InChI=1S/C6H7NO2S2/c8-3-4-2-7-5(9)1-6(7)11-10-4/h2,6,8H,1,3H2/t6-/m1/s1. The summed E-state index contributed by atoms with van der Waals surface area (Å²) in [5.74, 6) is 0.161. The van der Waals surface area contributed by atoms with Crippen LogP contribution in [-0.2, 0) is 4.79 Å². The van der Waals surface area contributed by atoms with Crippen molar-refractivity contribution >= 4 is 27.5 Å². The molecule has 1 atom stereocenters. The van der Waals surface area contributed by atoms with E-state index >= 15 is 0 Å². The monoisotopic (exact) mass is 189 g/mol. The van der Waals surface area contributed by atoms with Crippen molar-refractivity contribution in [3.05, 3.63) is 11.1 Å². The van der Waals surface area contributed by atoms with Gasteiger partial charge in [0.2, 0.25) is 5.91 Å². The summed E-state index contributed by atoms with van der Waals surface area (Å²) < 4.78 is 0. The van der Waals surface area contributed by atoms with E-state index in [1.807, 2.05) is 0 Å². The molecule has 0 radical (unpaired) electrons. The molecule has 2 aliphatic rings. The minimum atomic E-state index is 0.0359. The highest BCUT2D eigenvalue weighted by molar-refractivity contribution is 8.78. The smallest absolute Gasteiger partial charge is 0.230 e. The first-order valence-corrected chi connectivity index (χ1v) is 5.48. The van der Waals surface area contributed by atoms with Gasteiger partial charge in [-0.25, -0.2) is 0 Å². The van der Waals surface area contributed by atoms with Crippen LogP contribution in [0.15, 0.2) is 11.1 Å². The van der Waals surface area contributed by atoms with Crippen LogP contribution in [0.1, 0.15) is 6.42 Å². The lowest BCUT2D eigenvalue weighted by Crippen LogP contribution is -2.47. The number of hydrogen-bond acceptors (Lipinski definition) is 4. The average Bonchev–Trinajstić information content (AvgIpc) is 2.03. The largest absolute Gasteiger partial charge is 0.391 e. The van der Waals surface area contributed by atoms with E-state index in [2.05, 4.69) is 0 Å². The predicted molar refractivity (Wildman–Crippen MR) is 45.6 cm³/mol. The van der Waals surface area contributed by atoms with Crippen molar-refractivity contribution < 1.29 is 9.90 Å². The van der Waals surface area contributed by atoms with Crippen LogP contribution in [-0.4, -0.2) is 27.9 Å². The van der Waals surface area contributed by atoms with Crippen LogP contribution in [0.4, 0.5) is 0 Å². The molecule has 2 aliphatic heterocycles. The predicted octanol–water partition coefficient (Wildman–Crippen LogP) is 0.774. The number of fused-ring (bicyclic) bond motifs is 1. The van der Waals surface area contributed by atoms with E-state index < -0.39 is 0 Å². The highest BCUT2D eigenvalue weighted by Gasteiger charge is 2.38. The normalized spacial score (nSPS) is 29.2. The van der Waals surface area contributed by atoms with Gasteiger partial charge in [-0.05, 0) is 0 Å². The number of β-lactam (4-membered cyclic amide) rings is 1. The first kappa shape index (κ1) is 7.52. The molecule has 0 aromatic rings. The molecule has 11 heavy (non-hydrogen) atoms. The maximum Gasteiger partial charge on any atom is 0.230 e. The maximum atomic E-state index is 10.9. The summed E-state index contributed by atoms with van der Waals surface area (Å²) in [4.78, 5) is 13.5. The molecule has 0 bridgehead atoms. The Morgan fingerprint density at radius 1 is 1.82 bits per heavy atom. The molecule has 0 saturated carbocycles. The van der Waals surface area contributed by atoms with Gasteiger partial charge >= 0.3 is 0 Å². The van der Waals surface area contributed by atoms with Gasteiger partial charge in [-0.3, -0.25) is 4.79 Å². The Morgan fingerprint density at radius 3 is 3.27 bits per heavy atom. The highest BCUT2D eigenvalue weighted by atomic mass is 33.1. The molecule has 1 N–H and O–H groups in total. The van der Waals surface area contributed by atoms with Crippen molar-refractivity contribution in [2.75, 3.05) is 6.61 Å². The number of rotatable bonds is 1. The van der Waals surface area contributed by atoms with Crippen LogP contribution in [0, 0.1) is 0 Å². The Hall–Kier alpha value is -0.130. The molecule has 60 valence electrons. The second kappa shape index (κ2) is 2.73. The third-order valence-electron chi connectivity index (χ3n) is 1.65. The van der Waals surface area contributed by atoms with Crippen molar-refractivity contribution in [2.45, 2.75) is 11.8 Å². The van der Waals surface area contributed by atoms with Crippen molar-refractivity contribution in [1.82, 2.24) is 4.90 Å². The SMILES string of the molecule is O=C1C[C@H]2SSC(CO)=CN12. The average molecular weight is 189 g/mol. The molecular formula is C6H7NO2S2. The first-order chi connectivity index (χ1) is 5.31. The number of nitrogens with zero attached hydrogens (tertiary/aromatic N) is 1. The number of aliphatic hydroxyl groups is 1. The zero-order valence-corrected chi connectivity index (χ0v) is 7.32. The molecule has 1 saturated heterocycles. The zero-order chi connectivity index (χ0) is 7.84. The van der Waals surface area contributed by atoms with Gasteiger partial charge in [0.05, 0.1) is 13.0 Å². The second-order valence-electron chi connectivity index (χ2n) is 2.39. The summed E-state index contributed by atoms with van der Waals surface area (Å²) >= 11 is 0. The van der Waals surface area contributed by atoms with Crippen LogP contribution < -0.4 is 0 Å². The topological polar surface area (TPSA) is 40.5 Å². The van der Waals surface area contributed by atoms with E-state index in [0.29, 0.717) is 11.8 Å². The van der Waals surface area contributed by atoms with Crippen LogP contribution in [0.25, 0.3) is 0 Å². The Labute approximate surface area is 72.2 Å². The summed E-state index contributed by atoms with van der Waals surface area (Å²) in [6.45, 7) is 0.0359. The third kappa shape index (κ3) is 1.17. The lowest BCUT2D eigenvalue weighted by molar-refractivity contribution is -0.137. The third-order valence-corrected chi connectivity index (χ3v) is 4.41. The summed E-state index contributed by atoms with van der Waals surface area (Å²) in [6, 6.07) is 0. The number of aliphatic hydroxyl groups excluding tert-OH is 1. The van der Waals surface area contributed by atoms with Crippen LogP contribution in [0.5, 0.6) is 0 Å². The zero-order valence-electron chi connectivity index (χ0n) is 5.69.